The maximum absolute atomic E-state index is 5.60. The molecule has 0 atom stereocenters. The van der Waals surface area contributed by atoms with Crippen LogP contribution in [0.5, 0.6) is 0 Å². The Labute approximate surface area is 106 Å². The molecule has 2 aromatic rings. The van der Waals surface area contributed by atoms with Crippen molar-refractivity contribution in [3.8, 4) is 0 Å². The molecule has 0 aromatic carbocycles. The van der Waals surface area contributed by atoms with Gasteiger partial charge in [0.1, 0.15) is 0 Å². The van der Waals surface area contributed by atoms with Crippen molar-refractivity contribution < 1.29 is 4.52 Å². The first-order valence-electron chi connectivity index (χ1n) is 4.69. The molecule has 0 saturated carbocycles. The Morgan fingerprint density at radius 3 is 2.93 bits per heavy atom. The van der Waals surface area contributed by atoms with Gasteiger partial charge in [-0.05, 0) is 46.9 Å². The molecule has 2 aromatic heterocycles. The van der Waals surface area contributed by atoms with Gasteiger partial charge in [0.25, 0.3) is 0 Å². The lowest BCUT2D eigenvalue weighted by atomic mass is 10.2. The van der Waals surface area contributed by atoms with Crippen LogP contribution in [0.25, 0.3) is 0 Å². The normalized spacial score (nSPS) is 10.7. The number of rotatable bonds is 4. The van der Waals surface area contributed by atoms with Crippen molar-refractivity contribution in [2.75, 3.05) is 5.73 Å². The summed E-state index contributed by atoms with van der Waals surface area (Å²) in [5.41, 5.74) is 5.60. The second-order valence-corrected chi connectivity index (χ2v) is 5.35. The van der Waals surface area contributed by atoms with Gasteiger partial charge in [0, 0.05) is 11.3 Å². The molecule has 0 spiro atoms. The first-order chi connectivity index (χ1) is 7.27. The number of nitrogens with zero attached hydrogens (tertiary/aromatic N) is 1. The third-order valence-corrected chi connectivity index (χ3v) is 4.22. The van der Waals surface area contributed by atoms with Crippen molar-refractivity contribution in [3.63, 3.8) is 0 Å². The summed E-state index contributed by atoms with van der Waals surface area (Å²) >= 11 is 3.97. The van der Waals surface area contributed by atoms with Gasteiger partial charge in [-0.3, -0.25) is 0 Å². The van der Waals surface area contributed by atoms with Crippen molar-refractivity contribution in [3.05, 3.63) is 31.7 Å². The molecule has 3 nitrogen and oxygen atoms in total. The fourth-order valence-electron chi connectivity index (χ4n) is 1.36. The van der Waals surface area contributed by atoms with Crippen LogP contribution in [0.2, 0.25) is 0 Å². The van der Waals surface area contributed by atoms with E-state index in [1.807, 2.05) is 0 Å². The standard InChI is InChI=1S/C10H11IN2OS/c11-9-8(14-13-10(9)12)5-1-3-7-4-2-6-15-7/h2,4,6H,1,3,5H2,(H2,12,13). The summed E-state index contributed by atoms with van der Waals surface area (Å²) < 4.78 is 6.09. The van der Waals surface area contributed by atoms with E-state index in [1.54, 1.807) is 11.3 Å². The average molecular weight is 334 g/mol. The van der Waals surface area contributed by atoms with Crippen LogP contribution >= 0.6 is 33.9 Å². The van der Waals surface area contributed by atoms with Gasteiger partial charge in [-0.2, -0.15) is 0 Å². The predicted molar refractivity (Wildman–Crippen MR) is 70.0 cm³/mol. The zero-order chi connectivity index (χ0) is 10.7. The Morgan fingerprint density at radius 1 is 1.47 bits per heavy atom. The van der Waals surface area contributed by atoms with E-state index in [9.17, 15) is 0 Å². The Bertz CT molecular complexity index is 425. The molecule has 5 heteroatoms. The summed E-state index contributed by atoms with van der Waals surface area (Å²) in [6.45, 7) is 0. The minimum Gasteiger partial charge on any atom is -0.380 e. The Morgan fingerprint density at radius 2 is 2.33 bits per heavy atom. The lowest BCUT2D eigenvalue weighted by Gasteiger charge is -1.96. The maximum atomic E-state index is 5.60. The highest BCUT2D eigenvalue weighted by atomic mass is 127. The molecule has 2 N–H and O–H groups in total. The summed E-state index contributed by atoms with van der Waals surface area (Å²) in [4.78, 5) is 1.41. The topological polar surface area (TPSA) is 52.0 Å². The molecule has 0 unspecified atom stereocenters. The molecule has 0 saturated heterocycles. The fraction of sp³-hybridized carbons (Fsp3) is 0.300. The van der Waals surface area contributed by atoms with Crippen molar-refractivity contribution >= 4 is 39.7 Å². The Balaban J connectivity index is 1.86. The van der Waals surface area contributed by atoms with Crippen molar-refractivity contribution in [2.45, 2.75) is 19.3 Å². The quantitative estimate of drug-likeness (QED) is 0.874. The number of nitrogen functional groups attached to an aromatic ring is 1. The molecule has 0 amide bonds. The molecular weight excluding hydrogens is 323 g/mol. The van der Waals surface area contributed by atoms with Crippen molar-refractivity contribution in [1.29, 1.82) is 0 Å². The van der Waals surface area contributed by atoms with Crippen LogP contribution in [0, 0.1) is 3.57 Å². The monoisotopic (exact) mass is 334 g/mol. The van der Waals surface area contributed by atoms with Crippen LogP contribution in [-0.4, -0.2) is 5.16 Å². The molecule has 0 radical (unpaired) electrons. The van der Waals surface area contributed by atoms with E-state index in [0.29, 0.717) is 5.82 Å². The van der Waals surface area contributed by atoms with Gasteiger partial charge >= 0.3 is 0 Å². The molecule has 0 aliphatic heterocycles. The van der Waals surface area contributed by atoms with Crippen LogP contribution in [0.1, 0.15) is 17.1 Å². The maximum Gasteiger partial charge on any atom is 0.180 e. The second kappa shape index (κ2) is 4.98. The first kappa shape index (κ1) is 10.9. The molecule has 0 bridgehead atoms. The molecule has 0 aliphatic rings. The number of halogens is 1. The lowest BCUT2D eigenvalue weighted by Crippen LogP contribution is -1.90. The molecule has 2 heterocycles. The minimum absolute atomic E-state index is 0.502. The van der Waals surface area contributed by atoms with E-state index in [0.717, 1.165) is 28.6 Å². The van der Waals surface area contributed by atoms with E-state index in [4.69, 9.17) is 10.3 Å². The number of aryl methyl sites for hydroxylation is 2. The Hall–Kier alpha value is -0.560. The Kier molecular flexibility index (Phi) is 3.63. The first-order valence-corrected chi connectivity index (χ1v) is 6.65. The van der Waals surface area contributed by atoms with Crippen LogP contribution in [0.15, 0.2) is 22.0 Å². The molecule has 80 valence electrons. The van der Waals surface area contributed by atoms with E-state index in [2.05, 4.69) is 45.3 Å². The number of anilines is 1. The number of hydrogen-bond acceptors (Lipinski definition) is 4. The number of aromatic nitrogens is 1. The predicted octanol–water partition coefficient (Wildman–Crippen LogP) is 3.10. The van der Waals surface area contributed by atoms with Gasteiger partial charge in [-0.1, -0.05) is 11.2 Å². The van der Waals surface area contributed by atoms with Crippen LogP contribution in [0.3, 0.4) is 0 Å². The third-order valence-electron chi connectivity index (χ3n) is 2.13. The molecule has 15 heavy (non-hydrogen) atoms. The van der Waals surface area contributed by atoms with Gasteiger partial charge in [0.15, 0.2) is 11.6 Å². The van der Waals surface area contributed by atoms with Crippen LogP contribution in [0.4, 0.5) is 5.82 Å². The van der Waals surface area contributed by atoms with Gasteiger partial charge < -0.3 is 10.3 Å². The lowest BCUT2D eigenvalue weighted by molar-refractivity contribution is 0.382. The highest BCUT2D eigenvalue weighted by Crippen LogP contribution is 2.21. The third kappa shape index (κ3) is 2.72. The van der Waals surface area contributed by atoms with Crippen molar-refractivity contribution in [2.24, 2.45) is 0 Å². The summed E-state index contributed by atoms with van der Waals surface area (Å²) in [5.74, 6) is 1.41. The zero-order valence-corrected chi connectivity index (χ0v) is 11.0. The van der Waals surface area contributed by atoms with Gasteiger partial charge in [-0.25, -0.2) is 0 Å². The van der Waals surface area contributed by atoms with E-state index in [-0.39, 0.29) is 0 Å². The zero-order valence-electron chi connectivity index (χ0n) is 8.07. The largest absolute Gasteiger partial charge is 0.380 e. The second-order valence-electron chi connectivity index (χ2n) is 3.24. The highest BCUT2D eigenvalue weighted by molar-refractivity contribution is 14.1. The number of thiophene rings is 1. The molecule has 0 fully saturated rings. The minimum atomic E-state index is 0.502. The van der Waals surface area contributed by atoms with Gasteiger partial charge in [0.05, 0.1) is 3.57 Å². The molecular formula is C10H11IN2OS. The summed E-state index contributed by atoms with van der Waals surface area (Å²) in [6.07, 6.45) is 3.07. The van der Waals surface area contributed by atoms with Crippen LogP contribution in [-0.2, 0) is 12.8 Å². The summed E-state index contributed by atoms with van der Waals surface area (Å²) in [5, 5.41) is 5.83. The summed E-state index contributed by atoms with van der Waals surface area (Å²) in [6, 6.07) is 4.24. The summed E-state index contributed by atoms with van der Waals surface area (Å²) in [7, 11) is 0. The SMILES string of the molecule is Nc1noc(CCCc2cccs2)c1I. The van der Waals surface area contributed by atoms with Gasteiger partial charge in [-0.15, -0.1) is 11.3 Å². The number of hydrogen-bond donors (Lipinski definition) is 1. The highest BCUT2D eigenvalue weighted by Gasteiger charge is 2.09. The average Bonchev–Trinajstić information content (AvgIpc) is 2.83. The van der Waals surface area contributed by atoms with Crippen LogP contribution < -0.4 is 5.73 Å². The van der Waals surface area contributed by atoms with E-state index < -0.39 is 0 Å². The fourth-order valence-corrected chi connectivity index (χ4v) is 2.58. The molecule has 0 aliphatic carbocycles. The smallest absolute Gasteiger partial charge is 0.180 e. The van der Waals surface area contributed by atoms with Crippen molar-refractivity contribution in [1.82, 2.24) is 5.16 Å². The van der Waals surface area contributed by atoms with E-state index >= 15 is 0 Å². The van der Waals surface area contributed by atoms with E-state index in [1.165, 1.54) is 4.88 Å². The van der Waals surface area contributed by atoms with Gasteiger partial charge in [0.2, 0.25) is 0 Å². The molecule has 2 rings (SSSR count). The number of nitrogens with two attached hydrogens (primary N) is 1.